The van der Waals surface area contributed by atoms with Gasteiger partial charge in [0.05, 0.1) is 14.2 Å². The van der Waals surface area contributed by atoms with Crippen molar-refractivity contribution in [1.29, 1.82) is 0 Å². The first-order valence-electron chi connectivity index (χ1n) is 8.64. The molecule has 2 atom stereocenters. The van der Waals surface area contributed by atoms with E-state index >= 15 is 0 Å². The number of nitrogens with one attached hydrogen (secondary N) is 2. The number of piperidine rings is 1. The molecule has 134 valence electrons. The van der Waals surface area contributed by atoms with Gasteiger partial charge in [0.1, 0.15) is 17.3 Å². The lowest BCUT2D eigenvalue weighted by Crippen LogP contribution is -2.45. The number of benzene rings is 2. The van der Waals surface area contributed by atoms with Gasteiger partial charge in [-0.05, 0) is 43.1 Å². The standard InChI is InChI=1S/C20H25FN2O2/c1-24-17-9-8-15(19(12-17)25-2)13-23-18-7-4-10-22-20(18)14-5-3-6-16(21)11-14/h3,5-6,8-9,11-12,18,20,22-23H,4,7,10,13H2,1-2H3/t18-,20-/m1/s1. The summed E-state index contributed by atoms with van der Waals surface area (Å²) in [6, 6.07) is 13.0. The quantitative estimate of drug-likeness (QED) is 0.843. The summed E-state index contributed by atoms with van der Waals surface area (Å²) in [4.78, 5) is 0. The van der Waals surface area contributed by atoms with E-state index in [1.54, 1.807) is 26.4 Å². The van der Waals surface area contributed by atoms with Gasteiger partial charge in [0.2, 0.25) is 0 Å². The Balaban J connectivity index is 1.72. The second-order valence-corrected chi connectivity index (χ2v) is 6.29. The molecule has 1 fully saturated rings. The predicted octanol–water partition coefficient (Wildman–Crippen LogP) is 3.43. The monoisotopic (exact) mass is 344 g/mol. The van der Waals surface area contributed by atoms with Crippen molar-refractivity contribution >= 4 is 0 Å². The third kappa shape index (κ3) is 4.30. The number of hydrogen-bond donors (Lipinski definition) is 2. The molecule has 0 aromatic heterocycles. The van der Waals surface area contributed by atoms with Crippen molar-refractivity contribution in [2.75, 3.05) is 20.8 Å². The molecule has 0 bridgehead atoms. The predicted molar refractivity (Wildman–Crippen MR) is 96.6 cm³/mol. The third-order valence-corrected chi connectivity index (χ3v) is 4.72. The number of hydrogen-bond acceptors (Lipinski definition) is 4. The molecule has 2 N–H and O–H groups in total. The molecule has 0 amide bonds. The lowest BCUT2D eigenvalue weighted by Gasteiger charge is -2.34. The Bertz CT molecular complexity index is 708. The molecule has 1 saturated heterocycles. The Kier molecular flexibility index (Phi) is 5.89. The van der Waals surface area contributed by atoms with Gasteiger partial charge in [-0.2, -0.15) is 0 Å². The molecule has 5 heteroatoms. The molecule has 1 heterocycles. The first-order chi connectivity index (χ1) is 12.2. The van der Waals surface area contributed by atoms with E-state index in [1.165, 1.54) is 6.07 Å². The number of rotatable bonds is 6. The molecule has 3 rings (SSSR count). The molecule has 0 saturated carbocycles. The summed E-state index contributed by atoms with van der Waals surface area (Å²) in [6.07, 6.45) is 2.15. The van der Waals surface area contributed by atoms with Crippen LogP contribution in [-0.4, -0.2) is 26.8 Å². The van der Waals surface area contributed by atoms with E-state index in [2.05, 4.69) is 10.6 Å². The minimum atomic E-state index is -0.194. The van der Waals surface area contributed by atoms with Gasteiger partial charge in [-0.15, -0.1) is 0 Å². The Morgan fingerprint density at radius 2 is 2.04 bits per heavy atom. The zero-order valence-electron chi connectivity index (χ0n) is 14.7. The molecule has 0 unspecified atom stereocenters. The van der Waals surface area contributed by atoms with Crippen LogP contribution in [-0.2, 0) is 6.54 Å². The maximum absolute atomic E-state index is 13.6. The zero-order chi connectivity index (χ0) is 17.6. The normalized spacial score (nSPS) is 20.3. The minimum absolute atomic E-state index is 0.105. The highest BCUT2D eigenvalue weighted by Gasteiger charge is 2.26. The van der Waals surface area contributed by atoms with Gasteiger partial charge in [-0.25, -0.2) is 4.39 Å². The zero-order valence-corrected chi connectivity index (χ0v) is 14.7. The minimum Gasteiger partial charge on any atom is -0.497 e. The van der Waals surface area contributed by atoms with Crippen molar-refractivity contribution in [1.82, 2.24) is 10.6 Å². The van der Waals surface area contributed by atoms with Gasteiger partial charge in [0, 0.05) is 30.3 Å². The molecule has 1 aliphatic heterocycles. The number of halogens is 1. The molecule has 1 aliphatic rings. The summed E-state index contributed by atoms with van der Waals surface area (Å²) in [7, 11) is 3.31. The molecule has 4 nitrogen and oxygen atoms in total. The van der Waals surface area contributed by atoms with Crippen LogP contribution in [0.1, 0.15) is 30.0 Å². The second-order valence-electron chi connectivity index (χ2n) is 6.29. The topological polar surface area (TPSA) is 42.5 Å². The highest BCUT2D eigenvalue weighted by atomic mass is 19.1. The van der Waals surface area contributed by atoms with E-state index in [1.807, 2.05) is 24.3 Å². The first kappa shape index (κ1) is 17.7. The SMILES string of the molecule is COc1ccc(CN[C@@H]2CCCN[C@@H]2c2cccc(F)c2)c(OC)c1. The molecule has 2 aromatic rings. The average molecular weight is 344 g/mol. The van der Waals surface area contributed by atoms with E-state index in [0.29, 0.717) is 6.54 Å². The molecule has 25 heavy (non-hydrogen) atoms. The van der Waals surface area contributed by atoms with Crippen LogP contribution < -0.4 is 20.1 Å². The largest absolute Gasteiger partial charge is 0.497 e. The van der Waals surface area contributed by atoms with E-state index in [0.717, 1.165) is 42.0 Å². The Hall–Kier alpha value is -2.11. The van der Waals surface area contributed by atoms with Gasteiger partial charge in [-0.1, -0.05) is 18.2 Å². The summed E-state index contributed by atoms with van der Waals surface area (Å²) < 4.78 is 24.3. The van der Waals surface area contributed by atoms with E-state index in [-0.39, 0.29) is 17.9 Å². The van der Waals surface area contributed by atoms with Gasteiger partial charge in [0.25, 0.3) is 0 Å². The summed E-state index contributed by atoms with van der Waals surface area (Å²) in [5, 5.41) is 7.13. The van der Waals surface area contributed by atoms with Gasteiger partial charge < -0.3 is 20.1 Å². The fraction of sp³-hybridized carbons (Fsp3) is 0.400. The van der Waals surface area contributed by atoms with Crippen LogP contribution in [0.5, 0.6) is 11.5 Å². The summed E-state index contributed by atoms with van der Waals surface area (Å²) in [6.45, 7) is 1.64. The summed E-state index contributed by atoms with van der Waals surface area (Å²) in [5.41, 5.74) is 2.06. The molecular weight excluding hydrogens is 319 g/mol. The fourth-order valence-corrected chi connectivity index (χ4v) is 3.40. The lowest BCUT2D eigenvalue weighted by molar-refractivity contribution is 0.302. The van der Waals surface area contributed by atoms with Gasteiger partial charge >= 0.3 is 0 Å². The summed E-state index contributed by atoms with van der Waals surface area (Å²) in [5.74, 6) is 1.39. The van der Waals surface area contributed by atoms with E-state index in [4.69, 9.17) is 9.47 Å². The number of methoxy groups -OCH3 is 2. The highest BCUT2D eigenvalue weighted by Crippen LogP contribution is 2.27. The van der Waals surface area contributed by atoms with E-state index in [9.17, 15) is 4.39 Å². The van der Waals surface area contributed by atoms with Crippen molar-refractivity contribution < 1.29 is 13.9 Å². The Morgan fingerprint density at radius 3 is 2.80 bits per heavy atom. The average Bonchev–Trinajstić information content (AvgIpc) is 2.66. The van der Waals surface area contributed by atoms with E-state index < -0.39 is 0 Å². The molecule has 0 radical (unpaired) electrons. The van der Waals surface area contributed by atoms with Gasteiger partial charge in [0.15, 0.2) is 0 Å². The highest BCUT2D eigenvalue weighted by molar-refractivity contribution is 5.40. The molecule has 0 aliphatic carbocycles. The molecule has 0 spiro atoms. The smallest absolute Gasteiger partial charge is 0.127 e. The van der Waals surface area contributed by atoms with Gasteiger partial charge in [-0.3, -0.25) is 0 Å². The fourth-order valence-electron chi connectivity index (χ4n) is 3.40. The van der Waals surface area contributed by atoms with Crippen LogP contribution >= 0.6 is 0 Å². The third-order valence-electron chi connectivity index (χ3n) is 4.72. The Labute approximate surface area is 148 Å². The van der Waals surface area contributed by atoms with Crippen LogP contribution in [0, 0.1) is 5.82 Å². The van der Waals surface area contributed by atoms with Crippen LogP contribution in [0.2, 0.25) is 0 Å². The first-order valence-corrected chi connectivity index (χ1v) is 8.64. The van der Waals surface area contributed by atoms with Crippen molar-refractivity contribution in [3.63, 3.8) is 0 Å². The van der Waals surface area contributed by atoms with Crippen molar-refractivity contribution in [2.24, 2.45) is 0 Å². The van der Waals surface area contributed by atoms with Crippen molar-refractivity contribution in [2.45, 2.75) is 31.5 Å². The van der Waals surface area contributed by atoms with Crippen LogP contribution in [0.25, 0.3) is 0 Å². The molecular formula is C20H25FN2O2. The van der Waals surface area contributed by atoms with Crippen molar-refractivity contribution in [3.8, 4) is 11.5 Å². The second kappa shape index (κ2) is 8.32. The maximum atomic E-state index is 13.6. The Morgan fingerprint density at radius 1 is 1.16 bits per heavy atom. The summed E-state index contributed by atoms with van der Waals surface area (Å²) >= 11 is 0. The number of ether oxygens (including phenoxy) is 2. The van der Waals surface area contributed by atoms with Crippen LogP contribution in [0.4, 0.5) is 4.39 Å². The van der Waals surface area contributed by atoms with Crippen LogP contribution in [0.3, 0.4) is 0 Å². The van der Waals surface area contributed by atoms with Crippen LogP contribution in [0.15, 0.2) is 42.5 Å². The maximum Gasteiger partial charge on any atom is 0.127 e. The molecule has 2 aromatic carbocycles. The lowest BCUT2D eigenvalue weighted by atomic mass is 9.92. The van der Waals surface area contributed by atoms with Crippen molar-refractivity contribution in [3.05, 3.63) is 59.4 Å².